The van der Waals surface area contributed by atoms with Crippen LogP contribution in [0.1, 0.15) is 11.1 Å². The van der Waals surface area contributed by atoms with Gasteiger partial charge in [-0.05, 0) is 23.8 Å². The van der Waals surface area contributed by atoms with Crippen LogP contribution in [-0.2, 0) is 6.54 Å². The van der Waals surface area contributed by atoms with Gasteiger partial charge in [-0.15, -0.1) is 0 Å². The van der Waals surface area contributed by atoms with E-state index in [9.17, 15) is 4.39 Å². The van der Waals surface area contributed by atoms with E-state index in [0.29, 0.717) is 17.7 Å². The first kappa shape index (κ1) is 13.4. The molecule has 2 rings (SSSR count). The lowest BCUT2D eigenvalue weighted by atomic mass is 10.1. The summed E-state index contributed by atoms with van der Waals surface area (Å²) in [4.78, 5) is 1.87. The second-order valence-electron chi connectivity index (χ2n) is 4.20. The van der Waals surface area contributed by atoms with Crippen molar-refractivity contribution in [1.29, 1.82) is 5.26 Å². The number of rotatable bonds is 3. The zero-order valence-electron chi connectivity index (χ0n) is 10.4. The van der Waals surface area contributed by atoms with Gasteiger partial charge >= 0.3 is 0 Å². The average Bonchev–Trinajstić information content (AvgIpc) is 2.43. The van der Waals surface area contributed by atoms with Crippen molar-refractivity contribution in [3.05, 3.63) is 64.4 Å². The number of halogens is 2. The lowest BCUT2D eigenvalue weighted by Crippen LogP contribution is -2.17. The predicted octanol–water partition coefficient (Wildman–Crippen LogP) is 3.99. The van der Waals surface area contributed by atoms with Crippen LogP contribution in [0.25, 0.3) is 0 Å². The van der Waals surface area contributed by atoms with Gasteiger partial charge in [0.25, 0.3) is 0 Å². The lowest BCUT2D eigenvalue weighted by Gasteiger charge is -2.21. The second kappa shape index (κ2) is 5.73. The monoisotopic (exact) mass is 274 g/mol. The van der Waals surface area contributed by atoms with E-state index in [0.717, 1.165) is 5.69 Å². The quantitative estimate of drug-likeness (QED) is 0.846. The molecule has 0 saturated carbocycles. The highest BCUT2D eigenvalue weighted by Crippen LogP contribution is 2.24. The van der Waals surface area contributed by atoms with Crippen LogP contribution in [-0.4, -0.2) is 7.05 Å². The summed E-state index contributed by atoms with van der Waals surface area (Å²) in [5, 5.41) is 9.20. The Hall–Kier alpha value is -2.05. The largest absolute Gasteiger partial charge is 0.369 e. The van der Waals surface area contributed by atoms with Crippen LogP contribution in [0.5, 0.6) is 0 Å². The fourth-order valence-corrected chi connectivity index (χ4v) is 2.10. The van der Waals surface area contributed by atoms with E-state index >= 15 is 0 Å². The highest BCUT2D eigenvalue weighted by Gasteiger charge is 2.11. The molecule has 2 aromatic carbocycles. The molecule has 19 heavy (non-hydrogen) atoms. The smallest absolute Gasteiger partial charge is 0.142 e. The van der Waals surface area contributed by atoms with Gasteiger partial charge in [-0.2, -0.15) is 5.26 Å². The average molecular weight is 275 g/mol. The van der Waals surface area contributed by atoms with Crippen LogP contribution in [0.2, 0.25) is 5.02 Å². The summed E-state index contributed by atoms with van der Waals surface area (Å²) >= 11 is 5.93. The van der Waals surface area contributed by atoms with Gasteiger partial charge in [0.1, 0.15) is 11.9 Å². The van der Waals surface area contributed by atoms with E-state index in [1.54, 1.807) is 18.2 Å². The Kier molecular flexibility index (Phi) is 4.03. The number of anilines is 1. The van der Waals surface area contributed by atoms with E-state index < -0.39 is 5.82 Å². The summed E-state index contributed by atoms with van der Waals surface area (Å²) in [7, 11) is 1.84. The molecule has 0 fully saturated rings. The normalized spacial score (nSPS) is 10.0. The molecule has 0 radical (unpaired) electrons. The molecule has 0 aromatic heterocycles. The molecule has 4 heteroatoms. The summed E-state index contributed by atoms with van der Waals surface area (Å²) < 4.78 is 13.4. The maximum Gasteiger partial charge on any atom is 0.142 e. The number of nitrogens with zero attached hydrogens (tertiary/aromatic N) is 2. The van der Waals surface area contributed by atoms with Crippen molar-refractivity contribution in [2.75, 3.05) is 11.9 Å². The summed E-state index contributed by atoms with van der Waals surface area (Å²) in [5.74, 6) is -0.430. The maximum atomic E-state index is 13.4. The lowest BCUT2D eigenvalue weighted by molar-refractivity contribution is 0.625. The van der Waals surface area contributed by atoms with Gasteiger partial charge in [0.2, 0.25) is 0 Å². The number of para-hydroxylation sites is 1. The summed E-state index contributed by atoms with van der Waals surface area (Å²) in [5.41, 5.74) is 2.07. The molecule has 0 saturated heterocycles. The molecule has 96 valence electrons. The Morgan fingerprint density at radius 2 is 1.95 bits per heavy atom. The number of hydrogen-bond acceptors (Lipinski definition) is 2. The summed E-state index contributed by atoms with van der Waals surface area (Å²) in [6.07, 6.45) is 0. The standard InChI is InChI=1S/C15H12ClFN2/c1-19(14-8-3-2-5-11(14)9-18)10-12-6-4-7-13(17)15(12)16/h2-8H,10H2,1H3. The van der Waals surface area contributed by atoms with Crippen molar-refractivity contribution in [3.8, 4) is 6.07 Å². The van der Waals surface area contributed by atoms with Crippen LogP contribution in [0.15, 0.2) is 42.5 Å². The van der Waals surface area contributed by atoms with Crippen molar-refractivity contribution in [1.82, 2.24) is 0 Å². The second-order valence-corrected chi connectivity index (χ2v) is 4.58. The molecule has 2 nitrogen and oxygen atoms in total. The first-order chi connectivity index (χ1) is 9.13. The minimum Gasteiger partial charge on any atom is -0.369 e. The molecule has 0 aliphatic heterocycles. The molecule has 0 aliphatic rings. The topological polar surface area (TPSA) is 27.0 Å². The number of nitriles is 1. The molecule has 0 amide bonds. The fraction of sp³-hybridized carbons (Fsp3) is 0.133. The van der Waals surface area contributed by atoms with Crippen molar-refractivity contribution in [2.45, 2.75) is 6.54 Å². The minimum atomic E-state index is -0.430. The molecule has 0 atom stereocenters. The highest BCUT2D eigenvalue weighted by atomic mass is 35.5. The van der Waals surface area contributed by atoms with Gasteiger partial charge in [0.05, 0.1) is 16.3 Å². The van der Waals surface area contributed by atoms with Gasteiger partial charge < -0.3 is 4.90 Å². The van der Waals surface area contributed by atoms with E-state index in [4.69, 9.17) is 16.9 Å². The molecule has 0 heterocycles. The van der Waals surface area contributed by atoms with Crippen LogP contribution < -0.4 is 4.90 Å². The Morgan fingerprint density at radius 3 is 2.68 bits per heavy atom. The van der Waals surface area contributed by atoms with Crippen LogP contribution >= 0.6 is 11.6 Å². The van der Waals surface area contributed by atoms with Crippen LogP contribution in [0, 0.1) is 17.1 Å². The zero-order valence-corrected chi connectivity index (χ0v) is 11.2. The number of benzene rings is 2. The molecule has 2 aromatic rings. The number of hydrogen-bond donors (Lipinski definition) is 0. The zero-order chi connectivity index (χ0) is 13.8. The maximum absolute atomic E-state index is 13.4. The van der Waals surface area contributed by atoms with Crippen LogP contribution in [0.4, 0.5) is 10.1 Å². The molecule has 0 bridgehead atoms. The Morgan fingerprint density at radius 1 is 1.21 bits per heavy atom. The third-order valence-electron chi connectivity index (χ3n) is 2.87. The third kappa shape index (κ3) is 2.86. The summed E-state index contributed by atoms with van der Waals surface area (Å²) in [6, 6.07) is 14.1. The molecular formula is C15H12ClFN2. The van der Waals surface area contributed by atoms with Gasteiger partial charge in [-0.25, -0.2) is 4.39 Å². The Bertz CT molecular complexity index is 634. The Labute approximate surface area is 116 Å². The molecule has 0 aliphatic carbocycles. The van der Waals surface area contributed by atoms with E-state index in [1.165, 1.54) is 6.07 Å². The molecule has 0 N–H and O–H groups in total. The first-order valence-electron chi connectivity index (χ1n) is 5.76. The van der Waals surface area contributed by atoms with E-state index in [1.807, 2.05) is 30.1 Å². The van der Waals surface area contributed by atoms with Gasteiger partial charge in [-0.1, -0.05) is 35.9 Å². The third-order valence-corrected chi connectivity index (χ3v) is 3.30. The molecule has 0 unspecified atom stereocenters. The van der Waals surface area contributed by atoms with Gasteiger partial charge in [0.15, 0.2) is 0 Å². The van der Waals surface area contributed by atoms with Crippen molar-refractivity contribution >= 4 is 17.3 Å². The molecular weight excluding hydrogens is 263 g/mol. The summed E-state index contributed by atoms with van der Waals surface area (Å²) in [6.45, 7) is 0.440. The van der Waals surface area contributed by atoms with Gasteiger partial charge in [-0.3, -0.25) is 0 Å². The fourth-order valence-electron chi connectivity index (χ4n) is 1.91. The van der Waals surface area contributed by atoms with Gasteiger partial charge in [0, 0.05) is 13.6 Å². The van der Waals surface area contributed by atoms with E-state index in [-0.39, 0.29) is 5.02 Å². The Balaban J connectivity index is 2.29. The minimum absolute atomic E-state index is 0.129. The van der Waals surface area contributed by atoms with Crippen molar-refractivity contribution in [3.63, 3.8) is 0 Å². The van der Waals surface area contributed by atoms with Crippen molar-refractivity contribution < 1.29 is 4.39 Å². The molecule has 0 spiro atoms. The highest BCUT2D eigenvalue weighted by molar-refractivity contribution is 6.31. The van der Waals surface area contributed by atoms with E-state index in [2.05, 4.69) is 6.07 Å². The van der Waals surface area contributed by atoms with Crippen molar-refractivity contribution in [2.24, 2.45) is 0 Å². The SMILES string of the molecule is CN(Cc1cccc(F)c1Cl)c1ccccc1C#N. The van der Waals surface area contributed by atoms with Crippen LogP contribution in [0.3, 0.4) is 0 Å². The predicted molar refractivity (Wildman–Crippen MR) is 74.7 cm³/mol. The first-order valence-corrected chi connectivity index (χ1v) is 6.14.